The first-order valence-corrected chi connectivity index (χ1v) is 5.32. The molecule has 0 saturated carbocycles. The van der Waals surface area contributed by atoms with Crippen LogP contribution < -0.4 is 10.1 Å². The molecule has 17 heavy (non-hydrogen) atoms. The fourth-order valence-electron chi connectivity index (χ4n) is 1.23. The predicted molar refractivity (Wildman–Crippen MR) is 62.2 cm³/mol. The van der Waals surface area contributed by atoms with Crippen LogP contribution in [0.1, 0.15) is 5.69 Å². The second-order valence-corrected chi connectivity index (χ2v) is 3.51. The van der Waals surface area contributed by atoms with Crippen LogP contribution in [0.15, 0.2) is 12.5 Å². The van der Waals surface area contributed by atoms with Gasteiger partial charge in [-0.3, -0.25) is 0 Å². The van der Waals surface area contributed by atoms with Crippen LogP contribution in [-0.2, 0) is 6.42 Å². The summed E-state index contributed by atoms with van der Waals surface area (Å²) >= 11 is 5.71. The van der Waals surface area contributed by atoms with E-state index in [0.717, 1.165) is 12.1 Å². The highest BCUT2D eigenvalue weighted by molar-refractivity contribution is 6.28. The van der Waals surface area contributed by atoms with Crippen molar-refractivity contribution in [2.75, 3.05) is 19.0 Å². The number of methoxy groups -OCH3 is 1. The molecule has 0 atom stereocenters. The average Bonchev–Trinajstić information content (AvgIpc) is 2.81. The van der Waals surface area contributed by atoms with Crippen molar-refractivity contribution >= 4 is 17.5 Å². The summed E-state index contributed by atoms with van der Waals surface area (Å²) in [7, 11) is 1.47. The second-order valence-electron chi connectivity index (χ2n) is 3.17. The van der Waals surface area contributed by atoms with Gasteiger partial charge in [0, 0.05) is 24.9 Å². The summed E-state index contributed by atoms with van der Waals surface area (Å²) in [6.45, 7) is 0.658. The Kier molecular flexibility index (Phi) is 3.71. The number of nitrogens with zero attached hydrogens (tertiary/aromatic N) is 4. The smallest absolute Gasteiger partial charge is 0.322 e. The van der Waals surface area contributed by atoms with Gasteiger partial charge >= 0.3 is 6.01 Å². The normalized spacial score (nSPS) is 10.2. The van der Waals surface area contributed by atoms with Crippen molar-refractivity contribution in [2.24, 2.45) is 0 Å². The highest BCUT2D eigenvalue weighted by atomic mass is 35.5. The summed E-state index contributed by atoms with van der Waals surface area (Å²) in [6, 6.07) is 0.189. The number of aromatic amines is 1. The minimum atomic E-state index is 0.0980. The maximum absolute atomic E-state index is 5.71. The third-order valence-electron chi connectivity index (χ3n) is 2.00. The molecule has 7 nitrogen and oxygen atoms in total. The van der Waals surface area contributed by atoms with E-state index in [1.807, 2.05) is 0 Å². The standard InChI is InChI=1S/C9H11ClN6O/c1-17-9-15-7(10)14-8(16-9)12-3-2-6-4-11-5-13-6/h4-5H,2-3H2,1H3,(H,11,13)(H,12,14,15,16). The van der Waals surface area contributed by atoms with Crippen LogP contribution in [0, 0.1) is 0 Å². The Morgan fingerprint density at radius 1 is 1.41 bits per heavy atom. The Balaban J connectivity index is 1.92. The lowest BCUT2D eigenvalue weighted by molar-refractivity contribution is 0.379. The van der Waals surface area contributed by atoms with E-state index in [1.165, 1.54) is 7.11 Å². The first-order chi connectivity index (χ1) is 8.28. The Morgan fingerprint density at radius 2 is 2.29 bits per heavy atom. The number of hydrogen-bond donors (Lipinski definition) is 2. The van der Waals surface area contributed by atoms with Crippen LogP contribution in [0.5, 0.6) is 6.01 Å². The number of aromatic nitrogens is 5. The maximum Gasteiger partial charge on any atom is 0.322 e. The topological polar surface area (TPSA) is 88.6 Å². The van der Waals surface area contributed by atoms with E-state index >= 15 is 0 Å². The van der Waals surface area contributed by atoms with E-state index < -0.39 is 0 Å². The number of H-pyrrole nitrogens is 1. The number of rotatable bonds is 5. The molecular weight excluding hydrogens is 244 g/mol. The summed E-state index contributed by atoms with van der Waals surface area (Å²) < 4.78 is 4.89. The van der Waals surface area contributed by atoms with Crippen molar-refractivity contribution in [1.82, 2.24) is 24.9 Å². The van der Waals surface area contributed by atoms with E-state index in [9.17, 15) is 0 Å². The molecule has 0 fully saturated rings. The molecule has 0 amide bonds. The average molecular weight is 255 g/mol. The quantitative estimate of drug-likeness (QED) is 0.825. The van der Waals surface area contributed by atoms with Gasteiger partial charge in [0.25, 0.3) is 0 Å². The molecule has 2 aromatic rings. The number of anilines is 1. The van der Waals surface area contributed by atoms with Crippen LogP contribution in [-0.4, -0.2) is 38.6 Å². The van der Waals surface area contributed by atoms with E-state index in [-0.39, 0.29) is 11.3 Å². The third kappa shape index (κ3) is 3.28. The molecule has 0 unspecified atom stereocenters. The molecule has 90 valence electrons. The van der Waals surface area contributed by atoms with Gasteiger partial charge in [0.15, 0.2) is 0 Å². The van der Waals surface area contributed by atoms with Crippen molar-refractivity contribution < 1.29 is 4.74 Å². The predicted octanol–water partition coefficient (Wildman–Crippen LogP) is 0.911. The van der Waals surface area contributed by atoms with Gasteiger partial charge in [0.2, 0.25) is 11.2 Å². The zero-order chi connectivity index (χ0) is 12.1. The van der Waals surface area contributed by atoms with Gasteiger partial charge in [0.05, 0.1) is 13.4 Å². The lowest BCUT2D eigenvalue weighted by Gasteiger charge is -2.05. The Hall–Kier alpha value is -1.89. The molecule has 0 aliphatic rings. The molecule has 0 saturated heterocycles. The van der Waals surface area contributed by atoms with Crippen molar-refractivity contribution in [3.8, 4) is 6.01 Å². The van der Waals surface area contributed by atoms with Gasteiger partial charge in [-0.25, -0.2) is 4.98 Å². The molecule has 0 spiro atoms. The van der Waals surface area contributed by atoms with Crippen molar-refractivity contribution in [3.05, 3.63) is 23.5 Å². The Morgan fingerprint density at radius 3 is 3.00 bits per heavy atom. The highest BCUT2D eigenvalue weighted by Crippen LogP contribution is 2.10. The van der Waals surface area contributed by atoms with E-state index in [0.29, 0.717) is 12.5 Å². The maximum atomic E-state index is 5.71. The van der Waals surface area contributed by atoms with E-state index in [1.54, 1.807) is 12.5 Å². The van der Waals surface area contributed by atoms with Gasteiger partial charge < -0.3 is 15.0 Å². The summed E-state index contributed by atoms with van der Waals surface area (Å²) in [6.07, 6.45) is 4.19. The molecule has 0 bridgehead atoms. The molecule has 2 rings (SSSR count). The van der Waals surface area contributed by atoms with Crippen molar-refractivity contribution in [2.45, 2.75) is 6.42 Å². The van der Waals surface area contributed by atoms with Crippen molar-refractivity contribution in [3.63, 3.8) is 0 Å². The van der Waals surface area contributed by atoms with Crippen LogP contribution in [0.25, 0.3) is 0 Å². The van der Waals surface area contributed by atoms with Gasteiger partial charge in [-0.2, -0.15) is 15.0 Å². The lowest BCUT2D eigenvalue weighted by atomic mass is 10.3. The molecule has 0 aliphatic carbocycles. The number of halogens is 1. The van der Waals surface area contributed by atoms with Gasteiger partial charge in [0.1, 0.15) is 0 Å². The minimum absolute atomic E-state index is 0.0980. The third-order valence-corrected chi connectivity index (χ3v) is 2.17. The van der Waals surface area contributed by atoms with E-state index in [2.05, 4.69) is 30.2 Å². The lowest BCUT2D eigenvalue weighted by Crippen LogP contribution is -2.09. The summed E-state index contributed by atoms with van der Waals surface area (Å²) in [5, 5.41) is 3.12. The molecule has 0 aromatic carbocycles. The number of hydrogen-bond acceptors (Lipinski definition) is 6. The summed E-state index contributed by atoms with van der Waals surface area (Å²) in [4.78, 5) is 18.6. The second kappa shape index (κ2) is 5.44. The van der Waals surface area contributed by atoms with Crippen LogP contribution >= 0.6 is 11.6 Å². The van der Waals surface area contributed by atoms with Gasteiger partial charge in [-0.15, -0.1) is 0 Å². The Bertz CT molecular complexity index is 474. The van der Waals surface area contributed by atoms with Crippen LogP contribution in [0.4, 0.5) is 5.95 Å². The molecule has 0 aliphatic heterocycles. The zero-order valence-electron chi connectivity index (χ0n) is 9.14. The summed E-state index contributed by atoms with van der Waals surface area (Å²) in [5.74, 6) is 0.390. The first-order valence-electron chi connectivity index (χ1n) is 4.94. The molecule has 2 N–H and O–H groups in total. The number of nitrogens with one attached hydrogen (secondary N) is 2. The summed E-state index contributed by atoms with van der Waals surface area (Å²) in [5.41, 5.74) is 1.03. The zero-order valence-corrected chi connectivity index (χ0v) is 9.90. The largest absolute Gasteiger partial charge is 0.467 e. The van der Waals surface area contributed by atoms with Crippen LogP contribution in [0.2, 0.25) is 5.28 Å². The first kappa shape index (κ1) is 11.6. The minimum Gasteiger partial charge on any atom is -0.467 e. The van der Waals surface area contributed by atoms with E-state index in [4.69, 9.17) is 16.3 Å². The molecule has 0 radical (unpaired) electrons. The fraction of sp³-hybridized carbons (Fsp3) is 0.333. The van der Waals surface area contributed by atoms with Gasteiger partial charge in [-0.05, 0) is 11.6 Å². The molecule has 8 heteroatoms. The molecule has 2 aromatic heterocycles. The number of imidazole rings is 1. The molecular formula is C9H11ClN6O. The van der Waals surface area contributed by atoms with Crippen LogP contribution in [0.3, 0.4) is 0 Å². The highest BCUT2D eigenvalue weighted by Gasteiger charge is 2.04. The monoisotopic (exact) mass is 254 g/mol. The number of ether oxygens (including phenoxy) is 1. The van der Waals surface area contributed by atoms with Crippen molar-refractivity contribution in [1.29, 1.82) is 0 Å². The Labute approximate surface area is 103 Å². The van der Waals surface area contributed by atoms with Gasteiger partial charge in [-0.1, -0.05) is 0 Å². The fourth-order valence-corrected chi connectivity index (χ4v) is 1.38. The molecule has 2 heterocycles. The SMILES string of the molecule is COc1nc(Cl)nc(NCCc2cnc[nH]2)n1.